The Balaban J connectivity index is 2.28. The molecule has 0 fully saturated rings. The highest BCUT2D eigenvalue weighted by Gasteiger charge is 2.06. The van der Waals surface area contributed by atoms with Crippen molar-refractivity contribution in [3.63, 3.8) is 0 Å². The van der Waals surface area contributed by atoms with E-state index in [2.05, 4.69) is 23.7 Å². The lowest BCUT2D eigenvalue weighted by Crippen LogP contribution is -2.27. The highest BCUT2D eigenvalue weighted by atomic mass is 32.8. The van der Waals surface area contributed by atoms with Crippen molar-refractivity contribution in [2.75, 3.05) is 18.6 Å². The lowest BCUT2D eigenvalue weighted by atomic mass is 10.4. The first-order valence-electron chi connectivity index (χ1n) is 2.99. The summed E-state index contributed by atoms with van der Waals surface area (Å²) in [6, 6.07) is 0.566. The smallest absolute Gasteiger partial charge is 0.0347 e. The molecule has 9 heavy (non-hydrogen) atoms. The van der Waals surface area contributed by atoms with Crippen molar-refractivity contribution in [3.05, 3.63) is 12.2 Å². The van der Waals surface area contributed by atoms with Gasteiger partial charge in [-0.15, -0.1) is 9.45 Å². The van der Waals surface area contributed by atoms with Gasteiger partial charge in [-0.2, -0.15) is 0 Å². The standard InChI is InChI=1S/C6H11NS2/c1-9(8)5-6-3-2-4-7-6/h2-3,6-7H,4-5H2,1H3. The van der Waals surface area contributed by atoms with Gasteiger partial charge in [0.1, 0.15) is 0 Å². The average molecular weight is 161 g/mol. The largest absolute Gasteiger partial charge is 0.306 e. The zero-order valence-electron chi connectivity index (χ0n) is 5.46. The van der Waals surface area contributed by atoms with Crippen LogP contribution < -0.4 is 5.32 Å². The Bertz CT molecular complexity index is 142. The highest BCUT2D eigenvalue weighted by molar-refractivity contribution is 8.28. The van der Waals surface area contributed by atoms with Gasteiger partial charge in [0.05, 0.1) is 0 Å². The molecule has 2 unspecified atom stereocenters. The second-order valence-electron chi connectivity index (χ2n) is 2.18. The van der Waals surface area contributed by atoms with E-state index in [0.29, 0.717) is 6.04 Å². The topological polar surface area (TPSA) is 12.0 Å². The van der Waals surface area contributed by atoms with Gasteiger partial charge in [-0.3, -0.25) is 0 Å². The average Bonchev–Trinajstić information content (AvgIpc) is 2.15. The molecule has 0 aromatic rings. The van der Waals surface area contributed by atoms with Gasteiger partial charge in [-0.05, 0) is 6.26 Å². The van der Waals surface area contributed by atoms with Crippen molar-refractivity contribution < 1.29 is 0 Å². The normalized spacial score (nSPS) is 28.8. The predicted molar refractivity (Wildman–Crippen MR) is 46.5 cm³/mol. The molecule has 1 aliphatic heterocycles. The van der Waals surface area contributed by atoms with Crippen LogP contribution in [0.1, 0.15) is 0 Å². The zero-order chi connectivity index (χ0) is 6.69. The minimum absolute atomic E-state index is 0.164. The fraction of sp³-hybridized carbons (Fsp3) is 0.667. The Morgan fingerprint density at radius 3 is 3.11 bits per heavy atom. The molecular weight excluding hydrogens is 150 g/mol. The second kappa shape index (κ2) is 3.44. The summed E-state index contributed by atoms with van der Waals surface area (Å²) in [4.78, 5) is 0. The van der Waals surface area contributed by atoms with Crippen molar-refractivity contribution in [3.8, 4) is 0 Å². The van der Waals surface area contributed by atoms with Crippen molar-refractivity contribution >= 4 is 20.6 Å². The lowest BCUT2D eigenvalue weighted by Gasteiger charge is -2.06. The quantitative estimate of drug-likeness (QED) is 0.582. The summed E-state index contributed by atoms with van der Waals surface area (Å²) in [5.74, 6) is 1.12. The van der Waals surface area contributed by atoms with Crippen LogP contribution in [0.4, 0.5) is 0 Å². The minimum Gasteiger partial charge on any atom is -0.306 e. The molecule has 0 amide bonds. The molecule has 1 heterocycles. The van der Waals surface area contributed by atoms with Crippen molar-refractivity contribution in [1.82, 2.24) is 5.32 Å². The van der Waals surface area contributed by atoms with Crippen LogP contribution in [-0.2, 0) is 20.6 Å². The lowest BCUT2D eigenvalue weighted by molar-refractivity contribution is 0.734. The Kier molecular flexibility index (Phi) is 2.82. The third-order valence-corrected chi connectivity index (χ3v) is 2.52. The third-order valence-electron chi connectivity index (χ3n) is 1.28. The SMILES string of the molecule is CS(=S)CC1C=CCN1. The number of rotatable bonds is 2. The molecule has 2 atom stereocenters. The van der Waals surface area contributed by atoms with E-state index in [9.17, 15) is 0 Å². The molecule has 0 saturated heterocycles. The van der Waals surface area contributed by atoms with Crippen LogP contribution in [0.15, 0.2) is 12.2 Å². The first-order valence-corrected chi connectivity index (χ1v) is 5.72. The van der Waals surface area contributed by atoms with E-state index in [1.807, 2.05) is 0 Å². The van der Waals surface area contributed by atoms with E-state index >= 15 is 0 Å². The first-order chi connectivity index (χ1) is 4.29. The maximum Gasteiger partial charge on any atom is 0.0347 e. The Labute approximate surface area is 63.1 Å². The maximum absolute atomic E-state index is 5.07. The van der Waals surface area contributed by atoms with Crippen molar-refractivity contribution in [2.24, 2.45) is 0 Å². The molecule has 0 saturated carbocycles. The van der Waals surface area contributed by atoms with Crippen molar-refractivity contribution in [1.29, 1.82) is 0 Å². The molecule has 0 aromatic carbocycles. The number of hydrogen-bond donors (Lipinski definition) is 1. The maximum atomic E-state index is 5.07. The molecule has 1 nitrogen and oxygen atoms in total. The fourth-order valence-electron chi connectivity index (χ4n) is 0.887. The fourth-order valence-corrected chi connectivity index (χ4v) is 2.06. The van der Waals surface area contributed by atoms with Gasteiger partial charge in [-0.25, -0.2) is 0 Å². The molecule has 1 rings (SSSR count). The zero-order valence-corrected chi connectivity index (χ0v) is 7.10. The molecule has 0 aromatic heterocycles. The van der Waals surface area contributed by atoms with E-state index in [0.717, 1.165) is 12.3 Å². The Morgan fingerprint density at radius 1 is 1.89 bits per heavy atom. The third kappa shape index (κ3) is 2.56. The molecule has 0 bridgehead atoms. The van der Waals surface area contributed by atoms with Gasteiger partial charge < -0.3 is 5.32 Å². The van der Waals surface area contributed by atoms with Crippen molar-refractivity contribution in [2.45, 2.75) is 6.04 Å². The van der Waals surface area contributed by atoms with Crippen LogP contribution in [-0.4, -0.2) is 24.6 Å². The summed E-state index contributed by atoms with van der Waals surface area (Å²) in [6.07, 6.45) is 6.46. The van der Waals surface area contributed by atoms with Crippen LogP contribution >= 0.6 is 0 Å². The van der Waals surface area contributed by atoms with Crippen LogP contribution in [0.2, 0.25) is 0 Å². The van der Waals surface area contributed by atoms with Crippen LogP contribution in [0, 0.1) is 0 Å². The molecule has 1 aliphatic rings. The van der Waals surface area contributed by atoms with Gasteiger partial charge in [0.25, 0.3) is 0 Å². The predicted octanol–water partition coefficient (Wildman–Crippen LogP) is 0.224. The molecule has 0 aliphatic carbocycles. The molecule has 1 N–H and O–H groups in total. The summed E-state index contributed by atoms with van der Waals surface area (Å²) in [7, 11) is 0.164. The van der Waals surface area contributed by atoms with Gasteiger partial charge >= 0.3 is 0 Å². The summed E-state index contributed by atoms with van der Waals surface area (Å²) < 4.78 is 0. The van der Waals surface area contributed by atoms with Gasteiger partial charge in [0.15, 0.2) is 0 Å². The monoisotopic (exact) mass is 161 g/mol. The van der Waals surface area contributed by atoms with Gasteiger partial charge in [0.2, 0.25) is 0 Å². The summed E-state index contributed by atoms with van der Waals surface area (Å²) in [5, 5.41) is 3.32. The number of hydrogen-bond acceptors (Lipinski definition) is 2. The second-order valence-corrected chi connectivity index (χ2v) is 5.37. The summed E-state index contributed by atoms with van der Waals surface area (Å²) >= 11 is 5.07. The van der Waals surface area contributed by atoms with Crippen LogP contribution in [0.5, 0.6) is 0 Å². The van der Waals surface area contributed by atoms with E-state index < -0.39 is 0 Å². The molecular formula is C6H11NS2. The van der Waals surface area contributed by atoms with Gasteiger partial charge in [0, 0.05) is 18.3 Å². The molecule has 3 heteroatoms. The van der Waals surface area contributed by atoms with E-state index in [1.165, 1.54) is 0 Å². The van der Waals surface area contributed by atoms with Gasteiger partial charge in [-0.1, -0.05) is 23.3 Å². The Morgan fingerprint density at radius 2 is 2.67 bits per heavy atom. The first kappa shape index (κ1) is 7.38. The van der Waals surface area contributed by atoms with E-state index in [1.54, 1.807) is 0 Å². The minimum atomic E-state index is 0.164. The summed E-state index contributed by atoms with van der Waals surface area (Å²) in [5.41, 5.74) is 0. The summed E-state index contributed by atoms with van der Waals surface area (Å²) in [6.45, 7) is 1.02. The van der Waals surface area contributed by atoms with E-state index in [4.69, 9.17) is 11.2 Å². The molecule has 52 valence electrons. The molecule has 0 spiro atoms. The van der Waals surface area contributed by atoms with Crippen LogP contribution in [0.3, 0.4) is 0 Å². The number of nitrogens with one attached hydrogen (secondary N) is 1. The highest BCUT2D eigenvalue weighted by Crippen LogP contribution is 1.95. The van der Waals surface area contributed by atoms with E-state index in [-0.39, 0.29) is 9.45 Å². The molecule has 0 radical (unpaired) electrons. The van der Waals surface area contributed by atoms with Crippen LogP contribution in [0.25, 0.3) is 0 Å². The Hall–Kier alpha value is 0.270.